The zero-order valence-corrected chi connectivity index (χ0v) is 10.3. The molecule has 2 rings (SSSR count). The Morgan fingerprint density at radius 3 is 2.33 bits per heavy atom. The van der Waals surface area contributed by atoms with Gasteiger partial charge < -0.3 is 10.1 Å². The molecule has 1 aliphatic rings. The molecule has 1 fully saturated rings. The van der Waals surface area contributed by atoms with Gasteiger partial charge in [0.05, 0.1) is 6.10 Å². The SMILES string of the molecule is CNC(c1c(F)cc(F)cc1F)C1CCOC1C. The summed E-state index contributed by atoms with van der Waals surface area (Å²) in [6.07, 6.45) is 0.648. The van der Waals surface area contributed by atoms with Gasteiger partial charge in [-0.25, -0.2) is 13.2 Å². The molecule has 1 saturated heterocycles. The summed E-state index contributed by atoms with van der Waals surface area (Å²) in [5.41, 5.74) is -0.110. The smallest absolute Gasteiger partial charge is 0.133 e. The molecule has 0 amide bonds. The number of halogens is 3. The van der Waals surface area contributed by atoms with Crippen LogP contribution >= 0.6 is 0 Å². The summed E-state index contributed by atoms with van der Waals surface area (Å²) in [7, 11) is 1.64. The number of nitrogens with one attached hydrogen (secondary N) is 1. The van der Waals surface area contributed by atoms with E-state index >= 15 is 0 Å². The number of benzene rings is 1. The van der Waals surface area contributed by atoms with Crippen LogP contribution in [0.5, 0.6) is 0 Å². The fourth-order valence-electron chi connectivity index (χ4n) is 2.61. The Bertz CT molecular complexity index is 415. The number of ether oxygens (including phenoxy) is 1. The lowest BCUT2D eigenvalue weighted by Gasteiger charge is -2.26. The van der Waals surface area contributed by atoms with Crippen molar-refractivity contribution in [2.75, 3.05) is 13.7 Å². The molecule has 0 aromatic heterocycles. The van der Waals surface area contributed by atoms with Crippen LogP contribution in [0.1, 0.15) is 24.9 Å². The van der Waals surface area contributed by atoms with Crippen LogP contribution in [0.15, 0.2) is 12.1 Å². The van der Waals surface area contributed by atoms with Gasteiger partial charge in [-0.2, -0.15) is 0 Å². The monoisotopic (exact) mass is 259 g/mol. The Morgan fingerprint density at radius 1 is 1.28 bits per heavy atom. The number of rotatable bonds is 3. The normalized spacial score (nSPS) is 25.4. The van der Waals surface area contributed by atoms with Crippen LogP contribution in [-0.4, -0.2) is 19.8 Å². The Balaban J connectivity index is 2.38. The van der Waals surface area contributed by atoms with E-state index in [2.05, 4.69) is 5.32 Å². The van der Waals surface area contributed by atoms with Gasteiger partial charge in [-0.05, 0) is 20.4 Å². The summed E-state index contributed by atoms with van der Waals surface area (Å²) in [5, 5.41) is 2.91. The van der Waals surface area contributed by atoms with Crippen LogP contribution in [0.2, 0.25) is 0 Å². The summed E-state index contributed by atoms with van der Waals surface area (Å²) in [4.78, 5) is 0. The first-order chi connectivity index (χ1) is 8.54. The minimum absolute atomic E-state index is 0.0236. The molecule has 3 unspecified atom stereocenters. The van der Waals surface area contributed by atoms with Crippen LogP contribution in [0.3, 0.4) is 0 Å². The van der Waals surface area contributed by atoms with E-state index in [-0.39, 0.29) is 17.6 Å². The third-order valence-electron chi connectivity index (χ3n) is 3.53. The van der Waals surface area contributed by atoms with Crippen molar-refractivity contribution in [3.63, 3.8) is 0 Å². The maximum Gasteiger partial charge on any atom is 0.133 e. The third kappa shape index (κ3) is 2.37. The molecule has 3 atom stereocenters. The van der Waals surface area contributed by atoms with Crippen LogP contribution in [-0.2, 0) is 4.74 Å². The van der Waals surface area contributed by atoms with E-state index in [4.69, 9.17) is 4.74 Å². The quantitative estimate of drug-likeness (QED) is 0.901. The average Bonchev–Trinajstić information content (AvgIpc) is 2.69. The van der Waals surface area contributed by atoms with Crippen LogP contribution < -0.4 is 5.32 Å². The number of hydrogen-bond donors (Lipinski definition) is 1. The molecule has 0 bridgehead atoms. The highest BCUT2D eigenvalue weighted by molar-refractivity contribution is 5.25. The highest BCUT2D eigenvalue weighted by atomic mass is 19.1. The second-order valence-corrected chi connectivity index (χ2v) is 4.58. The van der Waals surface area contributed by atoms with Crippen molar-refractivity contribution in [2.24, 2.45) is 5.92 Å². The first-order valence-corrected chi connectivity index (χ1v) is 5.98. The van der Waals surface area contributed by atoms with Gasteiger partial charge in [0.25, 0.3) is 0 Å². The minimum Gasteiger partial charge on any atom is -0.378 e. The van der Waals surface area contributed by atoms with E-state index in [0.717, 1.165) is 6.42 Å². The van der Waals surface area contributed by atoms with Gasteiger partial charge in [0, 0.05) is 36.3 Å². The fraction of sp³-hybridized carbons (Fsp3) is 0.538. The van der Waals surface area contributed by atoms with E-state index in [1.807, 2.05) is 6.92 Å². The second kappa shape index (κ2) is 5.28. The molecule has 0 aliphatic carbocycles. The van der Waals surface area contributed by atoms with Gasteiger partial charge in [0.1, 0.15) is 17.5 Å². The molecule has 0 saturated carbocycles. The molecule has 2 nitrogen and oxygen atoms in total. The molecule has 0 radical (unpaired) electrons. The lowest BCUT2D eigenvalue weighted by Crippen LogP contribution is -2.31. The summed E-state index contributed by atoms with van der Waals surface area (Å²) >= 11 is 0. The lowest BCUT2D eigenvalue weighted by molar-refractivity contribution is 0.0954. The second-order valence-electron chi connectivity index (χ2n) is 4.58. The highest BCUT2D eigenvalue weighted by Crippen LogP contribution is 2.35. The Kier molecular flexibility index (Phi) is 3.92. The summed E-state index contributed by atoms with van der Waals surface area (Å²) in [6.45, 7) is 2.45. The average molecular weight is 259 g/mol. The predicted molar refractivity (Wildman–Crippen MR) is 61.6 cm³/mol. The van der Waals surface area contributed by atoms with Crippen LogP contribution in [0.25, 0.3) is 0 Å². The van der Waals surface area contributed by atoms with Crippen molar-refractivity contribution in [3.8, 4) is 0 Å². The zero-order chi connectivity index (χ0) is 13.3. The predicted octanol–water partition coefficient (Wildman–Crippen LogP) is 2.79. The maximum atomic E-state index is 13.8. The molecule has 1 aliphatic heterocycles. The molecule has 100 valence electrons. The molecule has 1 N–H and O–H groups in total. The molecule has 1 aromatic carbocycles. The molecule has 0 spiro atoms. The van der Waals surface area contributed by atoms with E-state index in [0.29, 0.717) is 18.7 Å². The van der Waals surface area contributed by atoms with Crippen LogP contribution in [0, 0.1) is 23.4 Å². The first-order valence-electron chi connectivity index (χ1n) is 5.98. The molecular formula is C13H16F3NO. The van der Waals surface area contributed by atoms with Crippen molar-refractivity contribution in [3.05, 3.63) is 35.1 Å². The summed E-state index contributed by atoms with van der Waals surface area (Å²) in [6, 6.07) is 0.912. The fourth-order valence-corrected chi connectivity index (χ4v) is 2.61. The van der Waals surface area contributed by atoms with Gasteiger partial charge in [-0.3, -0.25) is 0 Å². The maximum absolute atomic E-state index is 13.8. The van der Waals surface area contributed by atoms with Gasteiger partial charge >= 0.3 is 0 Å². The number of hydrogen-bond acceptors (Lipinski definition) is 2. The highest BCUT2D eigenvalue weighted by Gasteiger charge is 2.35. The van der Waals surface area contributed by atoms with Crippen molar-refractivity contribution < 1.29 is 17.9 Å². The van der Waals surface area contributed by atoms with Gasteiger partial charge in [-0.1, -0.05) is 0 Å². The van der Waals surface area contributed by atoms with Crippen molar-refractivity contribution in [1.82, 2.24) is 5.32 Å². The third-order valence-corrected chi connectivity index (χ3v) is 3.53. The molecule has 1 heterocycles. The van der Waals surface area contributed by atoms with E-state index in [1.54, 1.807) is 7.05 Å². The Morgan fingerprint density at radius 2 is 1.89 bits per heavy atom. The van der Waals surface area contributed by atoms with E-state index < -0.39 is 23.5 Å². The molecule has 5 heteroatoms. The molecular weight excluding hydrogens is 243 g/mol. The van der Waals surface area contributed by atoms with Gasteiger partial charge in [-0.15, -0.1) is 0 Å². The summed E-state index contributed by atoms with van der Waals surface area (Å²) < 4.78 is 45.9. The largest absolute Gasteiger partial charge is 0.378 e. The summed E-state index contributed by atoms with van der Waals surface area (Å²) in [5.74, 6) is -2.64. The van der Waals surface area contributed by atoms with Crippen molar-refractivity contribution in [1.29, 1.82) is 0 Å². The standard InChI is InChI=1S/C13H16F3NO/c1-7-9(3-4-18-7)13(17-2)12-10(15)5-8(14)6-11(12)16/h5-7,9,13,17H,3-4H2,1-2H3. The van der Waals surface area contributed by atoms with E-state index in [9.17, 15) is 13.2 Å². The lowest BCUT2D eigenvalue weighted by atomic mass is 9.88. The zero-order valence-electron chi connectivity index (χ0n) is 10.3. The topological polar surface area (TPSA) is 21.3 Å². The minimum atomic E-state index is -0.903. The van der Waals surface area contributed by atoms with Gasteiger partial charge in [0.15, 0.2) is 0 Å². The van der Waals surface area contributed by atoms with Crippen molar-refractivity contribution in [2.45, 2.75) is 25.5 Å². The first kappa shape index (κ1) is 13.4. The molecule has 1 aromatic rings. The van der Waals surface area contributed by atoms with Gasteiger partial charge in [0.2, 0.25) is 0 Å². The molecule has 18 heavy (non-hydrogen) atoms. The Hall–Kier alpha value is -1.07. The van der Waals surface area contributed by atoms with Crippen LogP contribution in [0.4, 0.5) is 13.2 Å². The van der Waals surface area contributed by atoms with E-state index in [1.165, 1.54) is 0 Å². The van der Waals surface area contributed by atoms with Crippen molar-refractivity contribution >= 4 is 0 Å². The Labute approximate surface area is 104 Å².